The number of hydrogen-bond donors (Lipinski definition) is 1. The molecule has 1 aliphatic carbocycles. The standard InChI is InChI=1S/C20H25N5O3/c1-28-17-9-15-12-25(18-10-21-5-6-22-18)11-14(15)8-16(17)23-19(26)13-24-7-3-2-4-20(24)27/h2-7,10,14-17H,8-9,11-13H2,1H3,(H,23,26)/t14-,15+,16-,17-/m0/s1. The third-order valence-electron chi connectivity index (χ3n) is 5.85. The topological polar surface area (TPSA) is 89.3 Å². The molecule has 0 radical (unpaired) electrons. The molecule has 0 aromatic carbocycles. The molecule has 8 nitrogen and oxygen atoms in total. The Morgan fingerprint density at radius 3 is 2.79 bits per heavy atom. The van der Waals surface area contributed by atoms with Crippen molar-refractivity contribution in [2.24, 2.45) is 11.8 Å². The third-order valence-corrected chi connectivity index (χ3v) is 5.85. The molecule has 2 aromatic heterocycles. The SMILES string of the molecule is CO[C@H]1C[C@@H]2CN(c3cnccn3)C[C@@H]2C[C@@H]1NC(=O)Cn1ccccc1=O. The number of rotatable bonds is 5. The second kappa shape index (κ2) is 8.10. The fourth-order valence-corrected chi connectivity index (χ4v) is 4.47. The molecule has 2 fully saturated rings. The van der Waals surface area contributed by atoms with Gasteiger partial charge < -0.3 is 19.5 Å². The summed E-state index contributed by atoms with van der Waals surface area (Å²) in [7, 11) is 1.70. The number of carbonyl (C=O) groups excluding carboxylic acids is 1. The Morgan fingerprint density at radius 2 is 2.07 bits per heavy atom. The lowest BCUT2D eigenvalue weighted by Gasteiger charge is -2.37. The van der Waals surface area contributed by atoms with E-state index in [9.17, 15) is 9.59 Å². The fraction of sp³-hybridized carbons (Fsp3) is 0.500. The Labute approximate surface area is 163 Å². The number of ether oxygens (including phenoxy) is 1. The van der Waals surface area contributed by atoms with Crippen LogP contribution in [0.4, 0.5) is 5.82 Å². The van der Waals surface area contributed by atoms with Crippen LogP contribution in [0.1, 0.15) is 12.8 Å². The van der Waals surface area contributed by atoms with Crippen LogP contribution < -0.4 is 15.8 Å². The average Bonchev–Trinajstić information content (AvgIpc) is 3.12. The van der Waals surface area contributed by atoms with Crippen LogP contribution in [0.3, 0.4) is 0 Å². The molecule has 1 saturated heterocycles. The average molecular weight is 383 g/mol. The zero-order valence-electron chi connectivity index (χ0n) is 15.9. The van der Waals surface area contributed by atoms with E-state index in [1.165, 1.54) is 10.6 Å². The van der Waals surface area contributed by atoms with E-state index in [0.717, 1.165) is 31.7 Å². The Balaban J connectivity index is 1.40. The molecule has 1 N–H and O–H groups in total. The number of nitrogens with one attached hydrogen (secondary N) is 1. The van der Waals surface area contributed by atoms with E-state index in [1.54, 1.807) is 44.0 Å². The van der Waals surface area contributed by atoms with E-state index in [2.05, 4.69) is 20.2 Å². The third kappa shape index (κ3) is 3.91. The maximum atomic E-state index is 12.5. The van der Waals surface area contributed by atoms with Gasteiger partial charge >= 0.3 is 0 Å². The highest BCUT2D eigenvalue weighted by Gasteiger charge is 2.43. The van der Waals surface area contributed by atoms with E-state index >= 15 is 0 Å². The second-order valence-corrected chi connectivity index (χ2v) is 7.58. The zero-order chi connectivity index (χ0) is 19.5. The Kier molecular flexibility index (Phi) is 5.38. The van der Waals surface area contributed by atoms with Crippen molar-refractivity contribution in [2.75, 3.05) is 25.1 Å². The van der Waals surface area contributed by atoms with Gasteiger partial charge in [0.25, 0.3) is 5.56 Å². The number of fused-ring (bicyclic) bond motifs is 1. The van der Waals surface area contributed by atoms with Crippen molar-refractivity contribution in [3.63, 3.8) is 0 Å². The van der Waals surface area contributed by atoms with Crippen molar-refractivity contribution < 1.29 is 9.53 Å². The van der Waals surface area contributed by atoms with Gasteiger partial charge in [0.2, 0.25) is 5.91 Å². The van der Waals surface area contributed by atoms with Gasteiger partial charge in [-0.05, 0) is 30.7 Å². The lowest BCUT2D eigenvalue weighted by molar-refractivity contribution is -0.124. The maximum absolute atomic E-state index is 12.5. The van der Waals surface area contributed by atoms with Crippen molar-refractivity contribution in [2.45, 2.75) is 31.5 Å². The molecule has 1 amide bonds. The molecule has 4 atom stereocenters. The van der Waals surface area contributed by atoms with Crippen LogP contribution in [0.25, 0.3) is 0 Å². The van der Waals surface area contributed by atoms with Crippen LogP contribution in [0.15, 0.2) is 47.8 Å². The van der Waals surface area contributed by atoms with Crippen molar-refractivity contribution in [1.82, 2.24) is 19.9 Å². The molecular weight excluding hydrogens is 358 g/mol. The number of pyridine rings is 1. The summed E-state index contributed by atoms with van der Waals surface area (Å²) in [5, 5.41) is 3.09. The van der Waals surface area contributed by atoms with Gasteiger partial charge in [0.15, 0.2) is 0 Å². The minimum Gasteiger partial charge on any atom is -0.379 e. The summed E-state index contributed by atoms with van der Waals surface area (Å²) in [5.41, 5.74) is -0.181. The summed E-state index contributed by atoms with van der Waals surface area (Å²) in [6.07, 6.45) is 8.54. The molecule has 2 aromatic rings. The Morgan fingerprint density at radius 1 is 1.25 bits per heavy atom. The van der Waals surface area contributed by atoms with E-state index in [0.29, 0.717) is 11.8 Å². The van der Waals surface area contributed by atoms with Crippen LogP contribution in [0, 0.1) is 11.8 Å². The molecule has 148 valence electrons. The first kappa shape index (κ1) is 18.6. The lowest BCUT2D eigenvalue weighted by Crippen LogP contribution is -2.51. The first-order valence-corrected chi connectivity index (χ1v) is 9.62. The first-order valence-electron chi connectivity index (χ1n) is 9.62. The Hall–Kier alpha value is -2.74. The zero-order valence-corrected chi connectivity index (χ0v) is 15.9. The smallest absolute Gasteiger partial charge is 0.250 e. The number of methoxy groups -OCH3 is 1. The maximum Gasteiger partial charge on any atom is 0.250 e. The second-order valence-electron chi connectivity index (χ2n) is 7.58. The molecule has 0 spiro atoms. The van der Waals surface area contributed by atoms with Crippen LogP contribution in [-0.4, -0.2) is 52.8 Å². The summed E-state index contributed by atoms with van der Waals surface area (Å²) >= 11 is 0. The van der Waals surface area contributed by atoms with E-state index < -0.39 is 0 Å². The number of carbonyl (C=O) groups is 1. The van der Waals surface area contributed by atoms with Gasteiger partial charge in [-0.1, -0.05) is 6.07 Å². The van der Waals surface area contributed by atoms with Gasteiger partial charge in [-0.25, -0.2) is 4.98 Å². The largest absolute Gasteiger partial charge is 0.379 e. The minimum atomic E-state index is -0.181. The van der Waals surface area contributed by atoms with Gasteiger partial charge in [-0.3, -0.25) is 14.6 Å². The minimum absolute atomic E-state index is 0.0203. The van der Waals surface area contributed by atoms with Gasteiger partial charge in [-0.2, -0.15) is 0 Å². The molecule has 4 rings (SSSR count). The van der Waals surface area contributed by atoms with Crippen LogP contribution in [-0.2, 0) is 16.1 Å². The Bertz CT molecular complexity index is 871. The highest BCUT2D eigenvalue weighted by molar-refractivity contribution is 5.76. The summed E-state index contributed by atoms with van der Waals surface area (Å²) < 4.78 is 7.11. The summed E-state index contributed by atoms with van der Waals surface area (Å²) in [4.78, 5) is 35.2. The van der Waals surface area contributed by atoms with Gasteiger partial charge in [0.1, 0.15) is 12.4 Å². The van der Waals surface area contributed by atoms with Crippen LogP contribution in [0.5, 0.6) is 0 Å². The van der Waals surface area contributed by atoms with E-state index in [1.807, 2.05) is 0 Å². The molecular formula is C20H25N5O3. The predicted octanol–water partition coefficient (Wildman–Crippen LogP) is 0.685. The molecule has 8 heteroatoms. The van der Waals surface area contributed by atoms with Gasteiger partial charge in [0.05, 0.1) is 18.3 Å². The monoisotopic (exact) mass is 383 g/mol. The summed E-state index contributed by atoms with van der Waals surface area (Å²) in [6, 6.07) is 4.81. The molecule has 2 aliphatic rings. The molecule has 1 saturated carbocycles. The highest BCUT2D eigenvalue weighted by Crippen LogP contribution is 2.38. The van der Waals surface area contributed by atoms with Gasteiger partial charge in [0, 0.05) is 44.9 Å². The number of amides is 1. The molecule has 28 heavy (non-hydrogen) atoms. The number of nitrogens with zero attached hydrogens (tertiary/aromatic N) is 4. The highest BCUT2D eigenvalue weighted by atomic mass is 16.5. The van der Waals surface area contributed by atoms with Crippen LogP contribution >= 0.6 is 0 Å². The predicted molar refractivity (Wildman–Crippen MR) is 104 cm³/mol. The fourth-order valence-electron chi connectivity index (χ4n) is 4.47. The lowest BCUT2D eigenvalue weighted by atomic mass is 9.77. The van der Waals surface area contributed by atoms with E-state index in [4.69, 9.17) is 4.74 Å². The molecule has 1 aliphatic heterocycles. The molecule has 3 heterocycles. The van der Waals surface area contributed by atoms with E-state index in [-0.39, 0.29) is 30.2 Å². The summed E-state index contributed by atoms with van der Waals surface area (Å²) in [6.45, 7) is 1.86. The summed E-state index contributed by atoms with van der Waals surface area (Å²) in [5.74, 6) is 1.72. The molecule has 0 unspecified atom stereocenters. The van der Waals surface area contributed by atoms with Crippen molar-refractivity contribution >= 4 is 11.7 Å². The van der Waals surface area contributed by atoms with Crippen molar-refractivity contribution in [3.8, 4) is 0 Å². The first-order chi connectivity index (χ1) is 13.6. The van der Waals surface area contributed by atoms with Crippen molar-refractivity contribution in [1.29, 1.82) is 0 Å². The molecule has 0 bridgehead atoms. The van der Waals surface area contributed by atoms with Gasteiger partial charge in [-0.15, -0.1) is 0 Å². The number of hydrogen-bond acceptors (Lipinski definition) is 6. The normalized spacial score (nSPS) is 26.7. The number of aromatic nitrogens is 3. The van der Waals surface area contributed by atoms with Crippen molar-refractivity contribution in [3.05, 3.63) is 53.3 Å². The quantitative estimate of drug-likeness (QED) is 0.817. The van der Waals surface area contributed by atoms with Crippen LogP contribution in [0.2, 0.25) is 0 Å². The number of anilines is 1.